The molecule has 0 aromatic carbocycles. The first kappa shape index (κ1) is 13.6. The van der Waals surface area contributed by atoms with Crippen molar-refractivity contribution in [2.24, 2.45) is 5.73 Å². The van der Waals surface area contributed by atoms with Crippen LogP contribution in [-0.4, -0.2) is 30.7 Å². The van der Waals surface area contributed by atoms with E-state index >= 15 is 0 Å². The first-order valence-corrected chi connectivity index (χ1v) is 4.54. The Hall–Kier alpha value is -1.36. The molecule has 0 amide bonds. The summed E-state index contributed by atoms with van der Waals surface area (Å²) in [6.45, 7) is 8.02. The molecule has 0 unspecified atom stereocenters. The fraction of sp³-hybridized carbons (Fsp3) is 0.600. The first-order chi connectivity index (χ1) is 6.75. The Morgan fingerprint density at radius 2 is 1.73 bits per heavy atom. The lowest BCUT2D eigenvalue weighted by Gasteiger charge is -2.16. The lowest BCUT2D eigenvalue weighted by Crippen LogP contribution is -2.43. The highest BCUT2D eigenvalue weighted by Crippen LogP contribution is 2.00. The van der Waals surface area contributed by atoms with Crippen LogP contribution >= 0.6 is 0 Å². The molecule has 15 heavy (non-hydrogen) atoms. The highest BCUT2D eigenvalue weighted by atomic mass is 16.6. The number of esters is 2. The maximum atomic E-state index is 11.1. The van der Waals surface area contributed by atoms with Gasteiger partial charge in [-0.2, -0.15) is 0 Å². The van der Waals surface area contributed by atoms with E-state index < -0.39 is 17.5 Å². The van der Waals surface area contributed by atoms with E-state index in [1.165, 1.54) is 20.8 Å². The second kappa shape index (κ2) is 5.50. The Morgan fingerprint density at radius 1 is 1.27 bits per heavy atom. The maximum Gasteiger partial charge on any atom is 0.333 e. The van der Waals surface area contributed by atoms with Crippen molar-refractivity contribution in [1.82, 2.24) is 0 Å². The zero-order valence-electron chi connectivity index (χ0n) is 9.33. The molecular weight excluding hydrogens is 198 g/mol. The molecule has 0 aliphatic heterocycles. The van der Waals surface area contributed by atoms with E-state index in [2.05, 4.69) is 6.58 Å². The van der Waals surface area contributed by atoms with Gasteiger partial charge in [-0.25, -0.2) is 4.79 Å². The minimum absolute atomic E-state index is 0.00150. The summed E-state index contributed by atoms with van der Waals surface area (Å²) in [7, 11) is 0. The molecule has 86 valence electrons. The Bertz CT molecular complexity index is 265. The molecule has 5 heteroatoms. The molecule has 0 saturated heterocycles. The van der Waals surface area contributed by atoms with E-state index in [1.807, 2.05) is 0 Å². The number of ether oxygens (including phenoxy) is 2. The van der Waals surface area contributed by atoms with E-state index in [9.17, 15) is 9.59 Å². The number of rotatable bonds is 5. The Kier molecular flexibility index (Phi) is 5.00. The molecule has 2 N–H and O–H groups in total. The highest BCUT2D eigenvalue weighted by molar-refractivity contribution is 5.86. The van der Waals surface area contributed by atoms with Gasteiger partial charge in [-0.3, -0.25) is 4.79 Å². The third kappa shape index (κ3) is 5.85. The van der Waals surface area contributed by atoms with Crippen molar-refractivity contribution in [3.05, 3.63) is 12.2 Å². The molecule has 0 aliphatic rings. The standard InChI is InChI=1S/C10H17NO4/c1-7(2)8(12)14-5-6-15-9(13)10(3,4)11/h1,5-6,11H2,2-4H3. The minimum Gasteiger partial charge on any atom is -0.461 e. The van der Waals surface area contributed by atoms with Gasteiger partial charge in [0.2, 0.25) is 0 Å². The van der Waals surface area contributed by atoms with Crippen LogP contribution in [-0.2, 0) is 19.1 Å². The lowest BCUT2D eigenvalue weighted by atomic mass is 10.1. The largest absolute Gasteiger partial charge is 0.461 e. The Morgan fingerprint density at radius 3 is 2.13 bits per heavy atom. The predicted molar refractivity (Wildman–Crippen MR) is 55.0 cm³/mol. The first-order valence-electron chi connectivity index (χ1n) is 4.54. The van der Waals surface area contributed by atoms with Crippen LogP contribution < -0.4 is 5.73 Å². The molecule has 0 radical (unpaired) electrons. The van der Waals surface area contributed by atoms with Gasteiger partial charge in [0.1, 0.15) is 18.8 Å². The third-order valence-corrected chi connectivity index (χ3v) is 1.42. The van der Waals surface area contributed by atoms with E-state index in [-0.39, 0.29) is 13.2 Å². The van der Waals surface area contributed by atoms with Crippen LogP contribution in [0.2, 0.25) is 0 Å². The van der Waals surface area contributed by atoms with Crippen LogP contribution in [0, 0.1) is 0 Å². The van der Waals surface area contributed by atoms with Crippen LogP contribution in [0.4, 0.5) is 0 Å². The smallest absolute Gasteiger partial charge is 0.333 e. The van der Waals surface area contributed by atoms with Crippen molar-refractivity contribution >= 4 is 11.9 Å². The molecule has 0 spiro atoms. The van der Waals surface area contributed by atoms with Crippen LogP contribution in [0.3, 0.4) is 0 Å². The Balaban J connectivity index is 3.69. The molecule has 5 nitrogen and oxygen atoms in total. The van der Waals surface area contributed by atoms with Gasteiger partial charge in [0.25, 0.3) is 0 Å². The summed E-state index contributed by atoms with van der Waals surface area (Å²) in [5.74, 6) is -1.04. The van der Waals surface area contributed by atoms with Gasteiger partial charge in [-0.05, 0) is 20.8 Å². The van der Waals surface area contributed by atoms with Gasteiger partial charge in [0, 0.05) is 5.57 Å². The van der Waals surface area contributed by atoms with Crippen LogP contribution in [0.1, 0.15) is 20.8 Å². The highest BCUT2D eigenvalue weighted by Gasteiger charge is 2.23. The molecule has 0 rings (SSSR count). The van der Waals surface area contributed by atoms with E-state index in [4.69, 9.17) is 15.2 Å². The predicted octanol–water partition coefficient (Wildman–Crippen LogP) is 0.386. The average molecular weight is 215 g/mol. The second-order valence-corrected chi connectivity index (χ2v) is 3.77. The molecule has 0 aromatic heterocycles. The fourth-order valence-corrected chi connectivity index (χ4v) is 0.578. The summed E-state index contributed by atoms with van der Waals surface area (Å²) < 4.78 is 9.48. The number of carbonyl (C=O) groups excluding carboxylic acids is 2. The van der Waals surface area contributed by atoms with Gasteiger partial charge >= 0.3 is 11.9 Å². The summed E-state index contributed by atoms with van der Waals surface area (Å²) in [6.07, 6.45) is 0. The summed E-state index contributed by atoms with van der Waals surface area (Å²) in [5.41, 5.74) is 4.75. The zero-order chi connectivity index (χ0) is 12.1. The average Bonchev–Trinajstić information content (AvgIpc) is 2.09. The fourth-order valence-electron chi connectivity index (χ4n) is 0.578. The molecule has 0 heterocycles. The second-order valence-electron chi connectivity index (χ2n) is 3.77. The van der Waals surface area contributed by atoms with Crippen LogP contribution in [0.5, 0.6) is 0 Å². The summed E-state index contributed by atoms with van der Waals surface area (Å²) >= 11 is 0. The molecule has 0 fully saturated rings. The van der Waals surface area contributed by atoms with Crippen molar-refractivity contribution in [2.75, 3.05) is 13.2 Å². The van der Waals surface area contributed by atoms with Crippen molar-refractivity contribution in [2.45, 2.75) is 26.3 Å². The van der Waals surface area contributed by atoms with Crippen molar-refractivity contribution in [1.29, 1.82) is 0 Å². The van der Waals surface area contributed by atoms with Gasteiger partial charge in [-0.1, -0.05) is 6.58 Å². The topological polar surface area (TPSA) is 78.6 Å². The van der Waals surface area contributed by atoms with Crippen LogP contribution in [0.25, 0.3) is 0 Å². The SMILES string of the molecule is C=C(C)C(=O)OCCOC(=O)C(C)(C)N. The third-order valence-electron chi connectivity index (χ3n) is 1.42. The number of hydrogen-bond donors (Lipinski definition) is 1. The molecule has 0 saturated carbocycles. The van der Waals surface area contributed by atoms with Crippen molar-refractivity contribution in [3.63, 3.8) is 0 Å². The van der Waals surface area contributed by atoms with Crippen molar-refractivity contribution in [3.8, 4) is 0 Å². The van der Waals surface area contributed by atoms with E-state index in [0.717, 1.165) is 0 Å². The van der Waals surface area contributed by atoms with Gasteiger partial charge in [0.15, 0.2) is 0 Å². The van der Waals surface area contributed by atoms with Gasteiger partial charge < -0.3 is 15.2 Å². The molecule has 0 aromatic rings. The molecular formula is C10H17NO4. The van der Waals surface area contributed by atoms with Crippen molar-refractivity contribution < 1.29 is 19.1 Å². The van der Waals surface area contributed by atoms with E-state index in [1.54, 1.807) is 0 Å². The normalized spacial score (nSPS) is 10.7. The zero-order valence-corrected chi connectivity index (χ0v) is 9.33. The number of nitrogens with two attached hydrogens (primary N) is 1. The minimum atomic E-state index is -1.03. The summed E-state index contributed by atoms with van der Waals surface area (Å²) in [6, 6.07) is 0. The summed E-state index contributed by atoms with van der Waals surface area (Å²) in [4.78, 5) is 22.0. The summed E-state index contributed by atoms with van der Waals surface area (Å²) in [5, 5.41) is 0. The Labute approximate surface area is 89.2 Å². The van der Waals surface area contributed by atoms with E-state index in [0.29, 0.717) is 5.57 Å². The quantitative estimate of drug-likeness (QED) is 0.407. The van der Waals surface area contributed by atoms with Crippen LogP contribution in [0.15, 0.2) is 12.2 Å². The molecule has 0 aliphatic carbocycles. The van der Waals surface area contributed by atoms with Gasteiger partial charge in [-0.15, -0.1) is 0 Å². The monoisotopic (exact) mass is 215 g/mol. The molecule has 0 atom stereocenters. The molecule has 0 bridgehead atoms. The van der Waals surface area contributed by atoms with Gasteiger partial charge in [0.05, 0.1) is 0 Å². The number of hydrogen-bond acceptors (Lipinski definition) is 5. The maximum absolute atomic E-state index is 11.1. The lowest BCUT2D eigenvalue weighted by molar-refractivity contribution is -0.153. The number of carbonyl (C=O) groups is 2.